The number of benzene rings is 1. The van der Waals surface area contributed by atoms with E-state index in [1.165, 1.54) is 0 Å². The second-order valence-electron chi connectivity index (χ2n) is 6.62. The van der Waals surface area contributed by atoms with Crippen LogP contribution in [-0.2, 0) is 4.74 Å². The standard InChI is InChI=1S/C19H20N4O3/c1-12(2)17-21-22-18(26-17)15-11-23(9-10-25-15)19(24)16-14-6-4-3-5-13(14)7-8-20-16/h3-8,12,15H,9-11H2,1-2H3. The molecule has 2 aromatic heterocycles. The van der Waals surface area contributed by atoms with Gasteiger partial charge in [0.05, 0.1) is 13.2 Å². The maximum Gasteiger partial charge on any atom is 0.273 e. The van der Waals surface area contributed by atoms with Crippen LogP contribution in [0.25, 0.3) is 10.8 Å². The van der Waals surface area contributed by atoms with Gasteiger partial charge < -0.3 is 14.1 Å². The van der Waals surface area contributed by atoms with Gasteiger partial charge in [-0.1, -0.05) is 38.1 Å². The topological polar surface area (TPSA) is 81.4 Å². The predicted molar refractivity (Wildman–Crippen MR) is 94.7 cm³/mol. The van der Waals surface area contributed by atoms with E-state index in [4.69, 9.17) is 9.15 Å². The van der Waals surface area contributed by atoms with Crippen molar-refractivity contribution in [1.82, 2.24) is 20.1 Å². The highest BCUT2D eigenvalue weighted by molar-refractivity contribution is 6.05. The van der Waals surface area contributed by atoms with Crippen LogP contribution in [0.5, 0.6) is 0 Å². The summed E-state index contributed by atoms with van der Waals surface area (Å²) < 4.78 is 11.4. The minimum absolute atomic E-state index is 0.112. The number of carbonyl (C=O) groups is 1. The Morgan fingerprint density at radius 3 is 2.88 bits per heavy atom. The quantitative estimate of drug-likeness (QED) is 0.721. The van der Waals surface area contributed by atoms with Gasteiger partial charge in [-0.3, -0.25) is 9.78 Å². The average molecular weight is 352 g/mol. The Balaban J connectivity index is 1.58. The monoisotopic (exact) mass is 352 g/mol. The molecule has 3 aromatic rings. The first kappa shape index (κ1) is 16.7. The molecule has 7 nitrogen and oxygen atoms in total. The largest absolute Gasteiger partial charge is 0.422 e. The van der Waals surface area contributed by atoms with E-state index in [1.54, 1.807) is 11.1 Å². The molecule has 0 N–H and O–H groups in total. The summed E-state index contributed by atoms with van der Waals surface area (Å²) in [6.45, 7) is 5.26. The van der Waals surface area contributed by atoms with Crippen LogP contribution in [0.1, 0.15) is 48.1 Å². The summed E-state index contributed by atoms with van der Waals surface area (Å²) in [4.78, 5) is 19.1. The highest BCUT2D eigenvalue weighted by Gasteiger charge is 2.31. The van der Waals surface area contributed by atoms with E-state index >= 15 is 0 Å². The molecule has 1 fully saturated rings. The van der Waals surface area contributed by atoms with Crippen LogP contribution in [0.15, 0.2) is 40.9 Å². The van der Waals surface area contributed by atoms with Gasteiger partial charge in [-0.05, 0) is 11.5 Å². The van der Waals surface area contributed by atoms with Crippen LogP contribution in [-0.4, -0.2) is 45.7 Å². The summed E-state index contributed by atoms with van der Waals surface area (Å²) in [5.74, 6) is 1.02. The van der Waals surface area contributed by atoms with Crippen LogP contribution in [0.2, 0.25) is 0 Å². The Kier molecular flexibility index (Phi) is 4.38. The van der Waals surface area contributed by atoms with Crippen molar-refractivity contribution in [2.45, 2.75) is 25.9 Å². The molecule has 0 bridgehead atoms. The molecular weight excluding hydrogens is 332 g/mol. The van der Waals surface area contributed by atoms with Gasteiger partial charge in [0.1, 0.15) is 5.69 Å². The number of hydrogen-bond acceptors (Lipinski definition) is 6. The lowest BCUT2D eigenvalue weighted by Crippen LogP contribution is -2.42. The van der Waals surface area contributed by atoms with E-state index in [0.717, 1.165) is 10.8 Å². The van der Waals surface area contributed by atoms with E-state index in [0.29, 0.717) is 37.2 Å². The normalized spacial score (nSPS) is 17.8. The molecule has 1 saturated heterocycles. The molecular formula is C19H20N4O3. The molecule has 3 heterocycles. The minimum atomic E-state index is -0.414. The van der Waals surface area contributed by atoms with Crippen molar-refractivity contribution in [3.63, 3.8) is 0 Å². The smallest absolute Gasteiger partial charge is 0.273 e. The molecule has 1 amide bonds. The summed E-state index contributed by atoms with van der Waals surface area (Å²) >= 11 is 0. The minimum Gasteiger partial charge on any atom is -0.422 e. The van der Waals surface area contributed by atoms with Crippen molar-refractivity contribution in [2.75, 3.05) is 19.7 Å². The molecule has 1 aromatic carbocycles. The molecule has 4 rings (SSSR count). The molecule has 1 unspecified atom stereocenters. The van der Waals surface area contributed by atoms with Crippen LogP contribution in [0.3, 0.4) is 0 Å². The van der Waals surface area contributed by atoms with E-state index < -0.39 is 6.10 Å². The maximum atomic E-state index is 13.0. The van der Waals surface area contributed by atoms with Gasteiger partial charge in [0.15, 0.2) is 6.10 Å². The number of pyridine rings is 1. The number of ether oxygens (including phenoxy) is 1. The van der Waals surface area contributed by atoms with Gasteiger partial charge >= 0.3 is 0 Å². The number of morpholine rings is 1. The van der Waals surface area contributed by atoms with Gasteiger partial charge in [0, 0.05) is 24.0 Å². The fraction of sp³-hybridized carbons (Fsp3) is 0.368. The summed E-state index contributed by atoms with van der Waals surface area (Å²) in [5, 5.41) is 9.97. The summed E-state index contributed by atoms with van der Waals surface area (Å²) in [7, 11) is 0. The summed E-state index contributed by atoms with van der Waals surface area (Å²) in [6, 6.07) is 9.65. The predicted octanol–water partition coefficient (Wildman–Crippen LogP) is 2.95. The SMILES string of the molecule is CC(C)c1nnc(C2CN(C(=O)c3nccc4ccccc34)CCO2)o1. The van der Waals surface area contributed by atoms with Gasteiger partial charge in [0.2, 0.25) is 11.8 Å². The lowest BCUT2D eigenvalue weighted by molar-refractivity contribution is -0.0352. The van der Waals surface area contributed by atoms with Crippen molar-refractivity contribution < 1.29 is 13.9 Å². The Bertz CT molecular complexity index is 932. The zero-order chi connectivity index (χ0) is 18.1. The summed E-state index contributed by atoms with van der Waals surface area (Å²) in [6.07, 6.45) is 1.25. The highest BCUT2D eigenvalue weighted by atomic mass is 16.5. The molecule has 1 aliphatic rings. The third-order valence-electron chi connectivity index (χ3n) is 4.46. The molecule has 0 spiro atoms. The number of hydrogen-bond donors (Lipinski definition) is 0. The van der Waals surface area contributed by atoms with Crippen LogP contribution in [0.4, 0.5) is 0 Å². The van der Waals surface area contributed by atoms with Crippen LogP contribution in [0, 0.1) is 0 Å². The highest BCUT2D eigenvalue weighted by Crippen LogP contribution is 2.25. The van der Waals surface area contributed by atoms with E-state index in [2.05, 4.69) is 15.2 Å². The summed E-state index contributed by atoms with van der Waals surface area (Å²) in [5.41, 5.74) is 0.456. The second-order valence-corrected chi connectivity index (χ2v) is 6.62. The molecule has 1 aliphatic heterocycles. The van der Waals surface area contributed by atoms with E-state index in [9.17, 15) is 4.79 Å². The molecule has 0 aliphatic carbocycles. The van der Waals surface area contributed by atoms with Gasteiger partial charge in [0.25, 0.3) is 5.91 Å². The van der Waals surface area contributed by atoms with Crippen molar-refractivity contribution in [3.8, 4) is 0 Å². The fourth-order valence-electron chi connectivity index (χ4n) is 3.03. The van der Waals surface area contributed by atoms with Crippen molar-refractivity contribution in [1.29, 1.82) is 0 Å². The number of carbonyl (C=O) groups excluding carboxylic acids is 1. The number of rotatable bonds is 3. The van der Waals surface area contributed by atoms with Crippen LogP contribution < -0.4 is 0 Å². The Morgan fingerprint density at radius 2 is 2.08 bits per heavy atom. The number of aromatic nitrogens is 3. The molecule has 0 radical (unpaired) electrons. The third kappa shape index (κ3) is 3.06. The first-order chi connectivity index (χ1) is 12.6. The Hall–Kier alpha value is -2.80. The van der Waals surface area contributed by atoms with Crippen molar-refractivity contribution in [3.05, 3.63) is 54.0 Å². The number of amides is 1. The van der Waals surface area contributed by atoms with Gasteiger partial charge in [-0.2, -0.15) is 0 Å². The third-order valence-corrected chi connectivity index (χ3v) is 4.46. The lowest BCUT2D eigenvalue weighted by atomic mass is 10.1. The number of fused-ring (bicyclic) bond motifs is 1. The van der Waals surface area contributed by atoms with E-state index in [-0.39, 0.29) is 11.8 Å². The van der Waals surface area contributed by atoms with Crippen molar-refractivity contribution >= 4 is 16.7 Å². The molecule has 134 valence electrons. The Labute approximate surface area is 151 Å². The molecule has 26 heavy (non-hydrogen) atoms. The van der Waals surface area contributed by atoms with Gasteiger partial charge in [-0.25, -0.2) is 0 Å². The number of nitrogens with zero attached hydrogens (tertiary/aromatic N) is 4. The zero-order valence-corrected chi connectivity index (χ0v) is 14.8. The molecule has 1 atom stereocenters. The Morgan fingerprint density at radius 1 is 1.23 bits per heavy atom. The van der Waals surface area contributed by atoms with E-state index in [1.807, 2.05) is 44.2 Å². The van der Waals surface area contributed by atoms with Crippen molar-refractivity contribution in [2.24, 2.45) is 0 Å². The molecule has 7 heteroatoms. The first-order valence-corrected chi connectivity index (χ1v) is 8.71. The zero-order valence-electron chi connectivity index (χ0n) is 14.8. The average Bonchev–Trinajstić information content (AvgIpc) is 3.18. The second kappa shape index (κ2) is 6.84. The maximum absolute atomic E-state index is 13.0. The first-order valence-electron chi connectivity index (χ1n) is 8.71. The molecule has 0 saturated carbocycles. The fourth-order valence-corrected chi connectivity index (χ4v) is 3.03. The lowest BCUT2D eigenvalue weighted by Gasteiger charge is -2.31. The van der Waals surface area contributed by atoms with Gasteiger partial charge in [-0.15, -0.1) is 10.2 Å². The van der Waals surface area contributed by atoms with Crippen LogP contribution >= 0.6 is 0 Å².